The van der Waals surface area contributed by atoms with Crippen molar-refractivity contribution in [2.24, 2.45) is 5.92 Å². The molecule has 3 atom stereocenters. The fourth-order valence-electron chi connectivity index (χ4n) is 4.91. The number of aliphatic hydroxyl groups is 1. The van der Waals surface area contributed by atoms with Gasteiger partial charge in [-0.3, -0.25) is 4.79 Å². The van der Waals surface area contributed by atoms with Gasteiger partial charge in [0.25, 0.3) is 5.91 Å². The molecule has 0 spiro atoms. The minimum absolute atomic E-state index is 0.0564. The van der Waals surface area contributed by atoms with Gasteiger partial charge in [0.1, 0.15) is 11.6 Å². The minimum atomic E-state index is -0.769. The van der Waals surface area contributed by atoms with E-state index < -0.39 is 11.4 Å². The number of halogens is 1. The predicted octanol–water partition coefficient (Wildman–Crippen LogP) is 4.34. The van der Waals surface area contributed by atoms with E-state index in [0.29, 0.717) is 13.0 Å². The van der Waals surface area contributed by atoms with Gasteiger partial charge in [-0.1, -0.05) is 37.1 Å². The summed E-state index contributed by atoms with van der Waals surface area (Å²) in [6.45, 7) is 0.414. The predicted molar refractivity (Wildman–Crippen MR) is 105 cm³/mol. The number of piperidine rings is 1. The summed E-state index contributed by atoms with van der Waals surface area (Å²) in [6, 6.07) is 13.5. The summed E-state index contributed by atoms with van der Waals surface area (Å²) < 4.78 is 19.6. The van der Waals surface area contributed by atoms with Gasteiger partial charge in [-0.25, -0.2) is 4.39 Å². The van der Waals surface area contributed by atoms with Crippen LogP contribution in [-0.4, -0.2) is 35.2 Å². The summed E-state index contributed by atoms with van der Waals surface area (Å²) >= 11 is 0. The molecule has 4 nitrogen and oxygen atoms in total. The van der Waals surface area contributed by atoms with Crippen molar-refractivity contribution in [2.45, 2.75) is 43.7 Å². The van der Waals surface area contributed by atoms with Crippen LogP contribution in [0.1, 0.15) is 54.1 Å². The number of hydrogen-bond acceptors (Lipinski definition) is 3. The summed E-state index contributed by atoms with van der Waals surface area (Å²) in [5.41, 5.74) is 0.271. The molecule has 1 saturated carbocycles. The lowest BCUT2D eigenvalue weighted by Gasteiger charge is -2.52. The molecule has 2 aromatic carbocycles. The van der Waals surface area contributed by atoms with Crippen molar-refractivity contribution in [3.63, 3.8) is 0 Å². The van der Waals surface area contributed by atoms with E-state index in [1.165, 1.54) is 12.1 Å². The number of nitrogens with zero attached hydrogens (tertiary/aromatic N) is 1. The number of amides is 1. The summed E-state index contributed by atoms with van der Waals surface area (Å²) in [6.07, 6.45) is 4.18. The van der Waals surface area contributed by atoms with Gasteiger partial charge >= 0.3 is 0 Å². The second kappa shape index (κ2) is 7.55. The molecule has 1 saturated heterocycles. The van der Waals surface area contributed by atoms with E-state index in [9.17, 15) is 14.3 Å². The Morgan fingerprint density at radius 3 is 2.61 bits per heavy atom. The number of rotatable bonds is 3. The first kappa shape index (κ1) is 18.9. The second-order valence-electron chi connectivity index (χ2n) is 7.90. The maximum atomic E-state index is 14.3. The fourth-order valence-corrected chi connectivity index (χ4v) is 4.91. The van der Waals surface area contributed by atoms with Crippen molar-refractivity contribution in [1.29, 1.82) is 0 Å². The third-order valence-electron chi connectivity index (χ3n) is 6.39. The van der Waals surface area contributed by atoms with E-state index >= 15 is 0 Å². The Morgan fingerprint density at radius 2 is 1.89 bits per heavy atom. The first-order valence-electron chi connectivity index (χ1n) is 9.95. The quantitative estimate of drug-likeness (QED) is 0.858. The number of likely N-dealkylation sites (tertiary alicyclic amines) is 1. The van der Waals surface area contributed by atoms with Gasteiger partial charge in [0.15, 0.2) is 0 Å². The lowest BCUT2D eigenvalue weighted by Crippen LogP contribution is -2.56. The molecule has 5 heteroatoms. The Morgan fingerprint density at radius 1 is 1.14 bits per heavy atom. The van der Waals surface area contributed by atoms with E-state index in [1.807, 2.05) is 24.3 Å². The van der Waals surface area contributed by atoms with Crippen LogP contribution in [0, 0.1) is 11.7 Å². The van der Waals surface area contributed by atoms with Crippen LogP contribution in [-0.2, 0) is 0 Å². The van der Waals surface area contributed by atoms with Crippen molar-refractivity contribution in [2.75, 3.05) is 13.7 Å². The van der Waals surface area contributed by atoms with Gasteiger partial charge in [-0.2, -0.15) is 0 Å². The lowest BCUT2D eigenvalue weighted by molar-refractivity contribution is -0.115. The Hall–Kier alpha value is -2.40. The van der Waals surface area contributed by atoms with Crippen LogP contribution in [0.15, 0.2) is 48.5 Å². The highest BCUT2D eigenvalue weighted by Crippen LogP contribution is 2.49. The number of benzene rings is 2. The fraction of sp³-hybridized carbons (Fsp3) is 0.435. The number of carbonyl (C=O) groups excluding carboxylic acids is 1. The van der Waals surface area contributed by atoms with Gasteiger partial charge in [-0.05, 0) is 49.1 Å². The minimum Gasteiger partial charge on any atom is -0.497 e. The van der Waals surface area contributed by atoms with Crippen LogP contribution < -0.4 is 4.74 Å². The molecule has 0 bridgehead atoms. The molecule has 4 rings (SSSR count). The maximum Gasteiger partial charge on any atom is 0.257 e. The molecule has 148 valence electrons. The highest BCUT2D eigenvalue weighted by Gasteiger charge is 2.50. The molecule has 2 fully saturated rings. The van der Waals surface area contributed by atoms with Crippen LogP contribution in [0.2, 0.25) is 0 Å². The number of methoxy groups -OCH3 is 1. The number of carbonyl (C=O) groups is 1. The van der Waals surface area contributed by atoms with Crippen molar-refractivity contribution >= 4 is 5.91 Å². The van der Waals surface area contributed by atoms with Gasteiger partial charge in [0.05, 0.1) is 24.3 Å². The summed E-state index contributed by atoms with van der Waals surface area (Å²) in [5, 5.41) is 11.3. The van der Waals surface area contributed by atoms with E-state index in [2.05, 4.69) is 0 Å². The topological polar surface area (TPSA) is 49.8 Å². The Balaban J connectivity index is 1.75. The first-order chi connectivity index (χ1) is 13.5. The largest absolute Gasteiger partial charge is 0.497 e. The zero-order valence-corrected chi connectivity index (χ0v) is 16.1. The molecule has 1 aliphatic carbocycles. The molecule has 28 heavy (non-hydrogen) atoms. The molecule has 1 N–H and O–H groups in total. The molecule has 2 aromatic rings. The summed E-state index contributed by atoms with van der Waals surface area (Å²) in [5.74, 6) is -0.137. The van der Waals surface area contributed by atoms with Crippen LogP contribution in [0.3, 0.4) is 0 Å². The molecule has 0 aromatic heterocycles. The Bertz CT molecular complexity index is 853. The maximum absolute atomic E-state index is 14.3. The average Bonchev–Trinajstić information content (AvgIpc) is 2.72. The molecule has 1 amide bonds. The monoisotopic (exact) mass is 383 g/mol. The molecule has 1 aliphatic heterocycles. The summed E-state index contributed by atoms with van der Waals surface area (Å²) in [4.78, 5) is 15.0. The van der Waals surface area contributed by atoms with E-state index in [0.717, 1.165) is 37.0 Å². The van der Waals surface area contributed by atoms with Crippen LogP contribution in [0.25, 0.3) is 0 Å². The molecule has 2 aliphatic rings. The molecular weight excluding hydrogens is 357 g/mol. The normalized spacial score (nSPS) is 27.2. The third-order valence-corrected chi connectivity index (χ3v) is 6.39. The zero-order valence-electron chi connectivity index (χ0n) is 16.1. The standard InChI is InChI=1S/C23H26FNO3/c1-28-17-11-9-16(10-12-17)21-19-7-4-5-13-23(19,27)14-15-25(21)22(26)18-6-2-3-8-20(18)24/h2-3,6,8-12,19,21,27H,4-5,7,13-15H2,1H3/t19-,21+,23-/m1/s1. The molecule has 1 heterocycles. The zero-order chi connectivity index (χ0) is 19.7. The Labute approximate surface area is 164 Å². The smallest absolute Gasteiger partial charge is 0.257 e. The Kier molecular flexibility index (Phi) is 5.11. The summed E-state index contributed by atoms with van der Waals surface area (Å²) in [7, 11) is 1.61. The van der Waals surface area contributed by atoms with E-state index in [4.69, 9.17) is 4.74 Å². The lowest BCUT2D eigenvalue weighted by atomic mass is 9.66. The number of fused-ring (bicyclic) bond motifs is 1. The van der Waals surface area contributed by atoms with Crippen molar-refractivity contribution in [3.05, 3.63) is 65.5 Å². The van der Waals surface area contributed by atoms with E-state index in [1.54, 1.807) is 24.1 Å². The average molecular weight is 383 g/mol. The van der Waals surface area contributed by atoms with Crippen LogP contribution >= 0.6 is 0 Å². The van der Waals surface area contributed by atoms with Crippen molar-refractivity contribution in [1.82, 2.24) is 4.90 Å². The van der Waals surface area contributed by atoms with Gasteiger partial charge in [0, 0.05) is 12.5 Å². The highest BCUT2D eigenvalue weighted by molar-refractivity contribution is 5.95. The van der Waals surface area contributed by atoms with Crippen LogP contribution in [0.4, 0.5) is 4.39 Å². The second-order valence-corrected chi connectivity index (χ2v) is 7.90. The molecule has 0 unspecified atom stereocenters. The van der Waals surface area contributed by atoms with Crippen LogP contribution in [0.5, 0.6) is 5.75 Å². The molecular formula is C23H26FNO3. The highest BCUT2D eigenvalue weighted by atomic mass is 19.1. The first-order valence-corrected chi connectivity index (χ1v) is 9.95. The van der Waals surface area contributed by atoms with Crippen molar-refractivity contribution in [3.8, 4) is 5.75 Å². The van der Waals surface area contributed by atoms with E-state index in [-0.39, 0.29) is 23.4 Å². The SMILES string of the molecule is COc1ccc([C@H]2[C@H]3CCCC[C@@]3(O)CCN2C(=O)c2ccccc2F)cc1. The van der Waals surface area contributed by atoms with Gasteiger partial charge in [0.2, 0.25) is 0 Å². The third kappa shape index (κ3) is 3.28. The number of hydrogen-bond donors (Lipinski definition) is 1. The van der Waals surface area contributed by atoms with Crippen molar-refractivity contribution < 1.29 is 19.0 Å². The number of ether oxygens (including phenoxy) is 1. The molecule has 0 radical (unpaired) electrons. The van der Waals surface area contributed by atoms with Gasteiger partial charge in [-0.15, -0.1) is 0 Å². The van der Waals surface area contributed by atoms with Gasteiger partial charge < -0.3 is 14.7 Å².